The lowest BCUT2D eigenvalue weighted by Gasteiger charge is -1.88. The van der Waals surface area contributed by atoms with Crippen molar-refractivity contribution in [2.45, 2.75) is 6.42 Å². The fourth-order valence-electron chi connectivity index (χ4n) is 1.48. The van der Waals surface area contributed by atoms with E-state index < -0.39 is 0 Å². The van der Waals surface area contributed by atoms with E-state index in [2.05, 4.69) is 32.0 Å². The first-order valence-corrected chi connectivity index (χ1v) is 6.42. The molecule has 0 aromatic carbocycles. The molecule has 0 amide bonds. The zero-order valence-corrected chi connectivity index (χ0v) is 10.6. The highest BCUT2D eigenvalue weighted by Crippen LogP contribution is 2.20. The Kier molecular flexibility index (Phi) is 2.49. The van der Waals surface area contributed by atoms with E-state index in [-0.39, 0.29) is 0 Å². The summed E-state index contributed by atoms with van der Waals surface area (Å²) in [5.74, 6) is 0.711. The molecule has 0 unspecified atom stereocenters. The Morgan fingerprint density at radius 2 is 2.38 bits per heavy atom. The third-order valence-electron chi connectivity index (χ3n) is 2.16. The molecule has 0 aliphatic carbocycles. The predicted molar refractivity (Wildman–Crippen MR) is 66.6 cm³/mol. The molecular formula is C11H7BrN2OS. The minimum atomic E-state index is 0.592. The van der Waals surface area contributed by atoms with Crippen LogP contribution < -0.4 is 0 Å². The van der Waals surface area contributed by atoms with Gasteiger partial charge >= 0.3 is 0 Å². The highest BCUT2D eigenvalue weighted by Gasteiger charge is 2.08. The van der Waals surface area contributed by atoms with Crippen LogP contribution in [0.15, 0.2) is 38.7 Å². The molecule has 0 N–H and O–H groups in total. The molecule has 0 aliphatic heterocycles. The van der Waals surface area contributed by atoms with Crippen LogP contribution in [-0.4, -0.2) is 9.97 Å². The van der Waals surface area contributed by atoms with Gasteiger partial charge in [-0.25, -0.2) is 9.97 Å². The Hall–Kier alpha value is -1.20. The molecule has 3 aromatic rings. The first-order chi connectivity index (χ1) is 7.81. The van der Waals surface area contributed by atoms with Crippen LogP contribution >= 0.6 is 27.3 Å². The van der Waals surface area contributed by atoms with Crippen LogP contribution in [0.3, 0.4) is 0 Å². The maximum atomic E-state index is 5.56. The minimum Gasteiger partial charge on any atom is -0.422 e. The second-order valence-electron chi connectivity index (χ2n) is 3.34. The maximum Gasteiger partial charge on any atom is 0.247 e. The zero-order valence-electron chi connectivity index (χ0n) is 8.18. The summed E-state index contributed by atoms with van der Waals surface area (Å²) in [4.78, 5) is 9.80. The van der Waals surface area contributed by atoms with Gasteiger partial charge in [-0.05, 0) is 33.4 Å². The second-order valence-corrected chi connectivity index (χ2v) is 5.29. The SMILES string of the molecule is Brc1cnc2oc(Cc3cccs3)nc2c1. The number of halogens is 1. The molecule has 0 bridgehead atoms. The summed E-state index contributed by atoms with van der Waals surface area (Å²) in [6, 6.07) is 6.00. The topological polar surface area (TPSA) is 38.9 Å². The molecule has 3 aromatic heterocycles. The Morgan fingerprint density at radius 3 is 3.19 bits per heavy atom. The molecule has 5 heteroatoms. The summed E-state index contributed by atoms with van der Waals surface area (Å²) >= 11 is 5.06. The minimum absolute atomic E-state index is 0.592. The molecule has 0 saturated heterocycles. The fourth-order valence-corrected chi connectivity index (χ4v) is 2.50. The molecule has 0 fully saturated rings. The molecule has 0 spiro atoms. The van der Waals surface area contributed by atoms with Crippen molar-refractivity contribution in [3.8, 4) is 0 Å². The monoisotopic (exact) mass is 294 g/mol. The highest BCUT2D eigenvalue weighted by atomic mass is 79.9. The van der Waals surface area contributed by atoms with Crippen LogP contribution in [0.25, 0.3) is 11.2 Å². The van der Waals surface area contributed by atoms with Crippen molar-refractivity contribution in [2.75, 3.05) is 0 Å². The van der Waals surface area contributed by atoms with Crippen LogP contribution in [0.2, 0.25) is 0 Å². The van der Waals surface area contributed by atoms with Gasteiger partial charge in [0.15, 0.2) is 0 Å². The standard InChI is InChI=1S/C11H7BrN2OS/c12-7-4-9-11(13-6-7)15-10(14-9)5-8-2-1-3-16-8/h1-4,6H,5H2. The van der Waals surface area contributed by atoms with Crippen molar-refractivity contribution in [3.63, 3.8) is 0 Å². The number of hydrogen-bond acceptors (Lipinski definition) is 4. The van der Waals surface area contributed by atoms with E-state index in [1.165, 1.54) is 4.88 Å². The number of pyridine rings is 1. The first kappa shape index (κ1) is 9.99. The summed E-state index contributed by atoms with van der Waals surface area (Å²) in [6.07, 6.45) is 2.44. The molecule has 0 radical (unpaired) electrons. The van der Waals surface area contributed by atoms with E-state index in [1.54, 1.807) is 17.5 Å². The molecule has 80 valence electrons. The Balaban J connectivity index is 1.99. The van der Waals surface area contributed by atoms with Crippen LogP contribution in [0.4, 0.5) is 0 Å². The van der Waals surface area contributed by atoms with Gasteiger partial charge in [-0.2, -0.15) is 0 Å². The lowest BCUT2D eigenvalue weighted by molar-refractivity contribution is 0.536. The van der Waals surface area contributed by atoms with Gasteiger partial charge in [0, 0.05) is 15.5 Å². The second kappa shape index (κ2) is 3.99. The first-order valence-electron chi connectivity index (χ1n) is 4.74. The Labute approximate surface area is 104 Å². The van der Waals surface area contributed by atoms with Crippen LogP contribution in [0, 0.1) is 0 Å². The lowest BCUT2D eigenvalue weighted by atomic mass is 10.3. The fraction of sp³-hybridized carbons (Fsp3) is 0.0909. The number of rotatable bonds is 2. The third-order valence-corrected chi connectivity index (χ3v) is 3.47. The summed E-state index contributed by atoms with van der Waals surface area (Å²) < 4.78 is 6.47. The van der Waals surface area contributed by atoms with E-state index in [0.29, 0.717) is 11.6 Å². The number of aromatic nitrogens is 2. The highest BCUT2D eigenvalue weighted by molar-refractivity contribution is 9.10. The molecule has 0 aliphatic rings. The normalized spacial score (nSPS) is 11.1. The van der Waals surface area contributed by atoms with E-state index >= 15 is 0 Å². The average Bonchev–Trinajstić information content (AvgIpc) is 2.86. The predicted octanol–water partition coefficient (Wildman–Crippen LogP) is 3.64. The van der Waals surface area contributed by atoms with E-state index in [0.717, 1.165) is 16.4 Å². The van der Waals surface area contributed by atoms with Crippen molar-refractivity contribution in [3.05, 3.63) is 45.0 Å². The molecule has 3 nitrogen and oxygen atoms in total. The Morgan fingerprint density at radius 1 is 1.44 bits per heavy atom. The summed E-state index contributed by atoms with van der Waals surface area (Å²) in [7, 11) is 0. The van der Waals surface area contributed by atoms with Gasteiger partial charge in [0.05, 0.1) is 6.42 Å². The van der Waals surface area contributed by atoms with Gasteiger partial charge in [-0.3, -0.25) is 0 Å². The number of thiophene rings is 1. The molecule has 0 atom stereocenters. The van der Waals surface area contributed by atoms with Crippen molar-refractivity contribution >= 4 is 38.5 Å². The van der Waals surface area contributed by atoms with Crippen molar-refractivity contribution in [1.82, 2.24) is 9.97 Å². The molecular weight excluding hydrogens is 288 g/mol. The molecule has 16 heavy (non-hydrogen) atoms. The lowest BCUT2D eigenvalue weighted by Crippen LogP contribution is -1.82. The van der Waals surface area contributed by atoms with Gasteiger partial charge in [0.2, 0.25) is 11.6 Å². The van der Waals surface area contributed by atoms with E-state index in [9.17, 15) is 0 Å². The van der Waals surface area contributed by atoms with Crippen LogP contribution in [-0.2, 0) is 6.42 Å². The van der Waals surface area contributed by atoms with E-state index in [1.807, 2.05) is 17.5 Å². The number of oxazole rings is 1. The largest absolute Gasteiger partial charge is 0.422 e. The van der Waals surface area contributed by atoms with Crippen LogP contribution in [0.5, 0.6) is 0 Å². The van der Waals surface area contributed by atoms with Gasteiger partial charge < -0.3 is 4.42 Å². The summed E-state index contributed by atoms with van der Waals surface area (Å²) in [6.45, 7) is 0. The zero-order chi connectivity index (χ0) is 11.0. The number of nitrogens with zero attached hydrogens (tertiary/aromatic N) is 2. The Bertz CT molecular complexity index is 618. The summed E-state index contributed by atoms with van der Waals surface area (Å²) in [5, 5.41) is 2.05. The van der Waals surface area contributed by atoms with Crippen molar-refractivity contribution in [1.29, 1.82) is 0 Å². The smallest absolute Gasteiger partial charge is 0.247 e. The summed E-state index contributed by atoms with van der Waals surface area (Å²) in [5.41, 5.74) is 1.38. The maximum absolute atomic E-state index is 5.56. The van der Waals surface area contributed by atoms with Gasteiger partial charge in [-0.15, -0.1) is 11.3 Å². The van der Waals surface area contributed by atoms with E-state index in [4.69, 9.17) is 4.42 Å². The van der Waals surface area contributed by atoms with Crippen molar-refractivity contribution < 1.29 is 4.42 Å². The molecule has 3 rings (SSSR count). The van der Waals surface area contributed by atoms with Gasteiger partial charge in [0.25, 0.3) is 0 Å². The van der Waals surface area contributed by atoms with Gasteiger partial charge in [-0.1, -0.05) is 6.07 Å². The van der Waals surface area contributed by atoms with Gasteiger partial charge in [0.1, 0.15) is 5.52 Å². The average molecular weight is 295 g/mol. The van der Waals surface area contributed by atoms with Crippen LogP contribution in [0.1, 0.15) is 10.8 Å². The quantitative estimate of drug-likeness (QED) is 0.724. The molecule has 0 saturated carbocycles. The number of fused-ring (bicyclic) bond motifs is 1. The van der Waals surface area contributed by atoms with Crippen molar-refractivity contribution in [2.24, 2.45) is 0 Å². The number of hydrogen-bond donors (Lipinski definition) is 0. The third kappa shape index (κ3) is 1.88. The molecule has 3 heterocycles.